The minimum atomic E-state index is -0.599. The average molecular weight is 243 g/mol. The highest BCUT2D eigenvalue weighted by Gasteiger charge is 2.26. The van der Waals surface area contributed by atoms with E-state index in [0.29, 0.717) is 12.0 Å². The summed E-state index contributed by atoms with van der Waals surface area (Å²) >= 11 is 2.03. The van der Waals surface area contributed by atoms with E-state index in [1.807, 2.05) is 11.8 Å². The molecule has 1 saturated carbocycles. The number of carboxylic acids is 1. The third-order valence-corrected chi connectivity index (χ3v) is 4.98. The van der Waals surface area contributed by atoms with Crippen molar-refractivity contribution in [2.45, 2.75) is 38.1 Å². The van der Waals surface area contributed by atoms with Crippen LogP contribution in [-0.4, -0.2) is 35.2 Å². The smallest absolute Gasteiger partial charge is 0.306 e. The number of carbonyl (C=O) groups is 1. The van der Waals surface area contributed by atoms with E-state index in [9.17, 15) is 4.79 Å². The summed E-state index contributed by atoms with van der Waals surface area (Å²) < 4.78 is 0. The number of nitrogens with one attached hydrogen (secondary N) is 1. The van der Waals surface area contributed by atoms with Crippen LogP contribution in [0, 0.1) is 11.8 Å². The molecule has 3 nitrogen and oxygen atoms in total. The quantitative estimate of drug-likeness (QED) is 0.792. The SMILES string of the molecule is O=C(O)C1CCC(CNC2CCSC2)CC1. The largest absolute Gasteiger partial charge is 0.481 e. The molecule has 1 atom stereocenters. The monoisotopic (exact) mass is 243 g/mol. The Morgan fingerprint density at radius 1 is 1.25 bits per heavy atom. The molecule has 2 rings (SSSR count). The van der Waals surface area contributed by atoms with Crippen molar-refractivity contribution in [1.82, 2.24) is 5.32 Å². The van der Waals surface area contributed by atoms with E-state index in [-0.39, 0.29) is 5.92 Å². The summed E-state index contributed by atoms with van der Waals surface area (Å²) in [6, 6.07) is 0.710. The predicted octanol–water partition coefficient (Wildman–Crippen LogP) is 1.97. The zero-order valence-electron chi connectivity index (χ0n) is 9.65. The highest BCUT2D eigenvalue weighted by molar-refractivity contribution is 7.99. The minimum Gasteiger partial charge on any atom is -0.481 e. The summed E-state index contributed by atoms with van der Waals surface area (Å²) in [5, 5.41) is 12.5. The molecule has 92 valence electrons. The van der Waals surface area contributed by atoms with Crippen LogP contribution in [0.2, 0.25) is 0 Å². The molecule has 1 heterocycles. The molecule has 2 aliphatic rings. The van der Waals surface area contributed by atoms with Crippen molar-refractivity contribution in [3.05, 3.63) is 0 Å². The molecule has 2 fully saturated rings. The van der Waals surface area contributed by atoms with E-state index >= 15 is 0 Å². The Kier molecular flexibility index (Phi) is 4.53. The zero-order valence-corrected chi connectivity index (χ0v) is 10.5. The van der Waals surface area contributed by atoms with Gasteiger partial charge in [-0.05, 0) is 50.3 Å². The second-order valence-electron chi connectivity index (χ2n) is 5.02. The number of thioether (sulfide) groups is 1. The number of hydrogen-bond acceptors (Lipinski definition) is 3. The summed E-state index contributed by atoms with van der Waals surface area (Å²) in [5.74, 6) is 2.59. The first-order valence-electron chi connectivity index (χ1n) is 6.29. The molecule has 1 aliphatic heterocycles. The lowest BCUT2D eigenvalue weighted by molar-refractivity contribution is -0.143. The first kappa shape index (κ1) is 12.2. The van der Waals surface area contributed by atoms with E-state index in [2.05, 4.69) is 5.32 Å². The number of rotatable bonds is 4. The molecule has 0 bridgehead atoms. The normalized spacial score (nSPS) is 35.1. The average Bonchev–Trinajstić information content (AvgIpc) is 2.80. The lowest BCUT2D eigenvalue weighted by Gasteiger charge is -2.27. The molecular formula is C12H21NO2S. The van der Waals surface area contributed by atoms with E-state index < -0.39 is 5.97 Å². The van der Waals surface area contributed by atoms with Crippen LogP contribution in [0.25, 0.3) is 0 Å². The third-order valence-electron chi connectivity index (χ3n) is 3.82. The molecule has 2 N–H and O–H groups in total. The lowest BCUT2D eigenvalue weighted by Crippen LogP contribution is -2.35. The van der Waals surface area contributed by atoms with Crippen LogP contribution < -0.4 is 5.32 Å². The van der Waals surface area contributed by atoms with E-state index in [1.54, 1.807) is 0 Å². The predicted molar refractivity (Wildman–Crippen MR) is 66.8 cm³/mol. The fourth-order valence-corrected chi connectivity index (χ4v) is 3.83. The van der Waals surface area contributed by atoms with Gasteiger partial charge in [-0.15, -0.1) is 0 Å². The Labute approximate surface area is 101 Å². The maximum atomic E-state index is 10.8. The maximum absolute atomic E-state index is 10.8. The Morgan fingerprint density at radius 2 is 2.00 bits per heavy atom. The zero-order chi connectivity index (χ0) is 11.4. The van der Waals surface area contributed by atoms with Gasteiger partial charge in [-0.1, -0.05) is 0 Å². The van der Waals surface area contributed by atoms with Crippen molar-refractivity contribution in [2.75, 3.05) is 18.1 Å². The molecule has 0 aromatic carbocycles. The summed E-state index contributed by atoms with van der Waals surface area (Å²) in [6.07, 6.45) is 5.23. The van der Waals surface area contributed by atoms with Crippen LogP contribution >= 0.6 is 11.8 Å². The van der Waals surface area contributed by atoms with Gasteiger partial charge >= 0.3 is 5.97 Å². The van der Waals surface area contributed by atoms with Gasteiger partial charge in [0.2, 0.25) is 0 Å². The van der Waals surface area contributed by atoms with Crippen molar-refractivity contribution < 1.29 is 9.90 Å². The molecule has 0 amide bonds. The van der Waals surface area contributed by atoms with Gasteiger partial charge in [-0.3, -0.25) is 4.79 Å². The van der Waals surface area contributed by atoms with Crippen molar-refractivity contribution in [3.8, 4) is 0 Å². The molecule has 0 aromatic rings. The second-order valence-corrected chi connectivity index (χ2v) is 6.17. The topological polar surface area (TPSA) is 49.3 Å². The Balaban J connectivity index is 1.63. The van der Waals surface area contributed by atoms with Crippen LogP contribution in [0.15, 0.2) is 0 Å². The molecular weight excluding hydrogens is 222 g/mol. The van der Waals surface area contributed by atoms with Gasteiger partial charge in [-0.25, -0.2) is 0 Å². The Bertz CT molecular complexity index is 233. The van der Waals surface area contributed by atoms with Gasteiger partial charge in [0.25, 0.3) is 0 Å². The number of carboxylic acid groups (broad SMARTS) is 1. The molecule has 0 radical (unpaired) electrons. The maximum Gasteiger partial charge on any atom is 0.306 e. The fourth-order valence-electron chi connectivity index (χ4n) is 2.64. The summed E-state index contributed by atoms with van der Waals surface area (Å²) in [5.41, 5.74) is 0. The van der Waals surface area contributed by atoms with Crippen LogP contribution in [0.3, 0.4) is 0 Å². The van der Waals surface area contributed by atoms with E-state index in [0.717, 1.165) is 32.2 Å². The lowest BCUT2D eigenvalue weighted by atomic mass is 9.82. The van der Waals surface area contributed by atoms with E-state index in [4.69, 9.17) is 5.11 Å². The molecule has 16 heavy (non-hydrogen) atoms. The minimum absolute atomic E-state index is 0.0710. The molecule has 1 unspecified atom stereocenters. The third kappa shape index (κ3) is 3.39. The Morgan fingerprint density at radius 3 is 2.56 bits per heavy atom. The van der Waals surface area contributed by atoms with Gasteiger partial charge in [0.15, 0.2) is 0 Å². The highest BCUT2D eigenvalue weighted by Crippen LogP contribution is 2.28. The van der Waals surface area contributed by atoms with Gasteiger partial charge in [0.1, 0.15) is 0 Å². The molecule has 1 saturated heterocycles. The molecule has 0 aromatic heterocycles. The van der Waals surface area contributed by atoms with Gasteiger partial charge in [0, 0.05) is 11.8 Å². The van der Waals surface area contributed by atoms with Crippen molar-refractivity contribution in [3.63, 3.8) is 0 Å². The molecule has 0 spiro atoms. The first-order valence-corrected chi connectivity index (χ1v) is 7.45. The van der Waals surface area contributed by atoms with E-state index in [1.165, 1.54) is 17.9 Å². The Hall–Kier alpha value is -0.220. The van der Waals surface area contributed by atoms with Crippen LogP contribution in [-0.2, 0) is 4.79 Å². The van der Waals surface area contributed by atoms with Crippen LogP contribution in [0.5, 0.6) is 0 Å². The van der Waals surface area contributed by atoms with Gasteiger partial charge in [0.05, 0.1) is 5.92 Å². The van der Waals surface area contributed by atoms with Crippen molar-refractivity contribution in [2.24, 2.45) is 11.8 Å². The van der Waals surface area contributed by atoms with Crippen molar-refractivity contribution >= 4 is 17.7 Å². The first-order chi connectivity index (χ1) is 7.75. The standard InChI is InChI=1S/C12H21NO2S/c14-12(15)10-3-1-9(2-4-10)7-13-11-5-6-16-8-11/h9-11,13H,1-8H2,(H,14,15). The van der Waals surface area contributed by atoms with Crippen LogP contribution in [0.4, 0.5) is 0 Å². The number of hydrogen-bond donors (Lipinski definition) is 2. The summed E-state index contributed by atoms with van der Waals surface area (Å²) in [4.78, 5) is 10.8. The molecule has 1 aliphatic carbocycles. The van der Waals surface area contributed by atoms with Gasteiger partial charge < -0.3 is 10.4 Å². The fraction of sp³-hybridized carbons (Fsp3) is 0.917. The summed E-state index contributed by atoms with van der Waals surface area (Å²) in [6.45, 7) is 1.09. The van der Waals surface area contributed by atoms with Crippen LogP contribution in [0.1, 0.15) is 32.1 Å². The van der Waals surface area contributed by atoms with Crippen molar-refractivity contribution in [1.29, 1.82) is 0 Å². The number of aliphatic carboxylic acids is 1. The highest BCUT2D eigenvalue weighted by atomic mass is 32.2. The second kappa shape index (κ2) is 5.92. The summed E-state index contributed by atoms with van der Waals surface area (Å²) in [7, 11) is 0. The van der Waals surface area contributed by atoms with Gasteiger partial charge in [-0.2, -0.15) is 11.8 Å². The molecule has 4 heteroatoms.